The monoisotopic (exact) mass is 300 g/mol. The van der Waals surface area contributed by atoms with E-state index in [0.717, 1.165) is 36.3 Å². The Morgan fingerprint density at radius 2 is 2.18 bits per heavy atom. The third kappa shape index (κ3) is 2.98. The number of aromatic nitrogens is 1. The van der Waals surface area contributed by atoms with Crippen LogP contribution in [0.3, 0.4) is 0 Å². The van der Waals surface area contributed by atoms with E-state index in [1.165, 1.54) is 0 Å². The van der Waals surface area contributed by atoms with Crippen molar-refractivity contribution in [1.82, 2.24) is 5.16 Å². The normalized spacial score (nSPS) is 16.9. The molecule has 3 rings (SSSR count). The van der Waals surface area contributed by atoms with E-state index in [9.17, 15) is 4.79 Å². The number of hydrogen-bond acceptors (Lipinski definition) is 4. The number of carbonyl (C=O) groups is 1. The molecular weight excluding hydrogens is 280 g/mol. The molecule has 2 aromatic rings. The number of aryl methyl sites for hydroxylation is 1. The average Bonchev–Trinajstić information content (AvgIpc) is 2.92. The van der Waals surface area contributed by atoms with Crippen LogP contribution in [-0.2, 0) is 12.8 Å². The fourth-order valence-electron chi connectivity index (χ4n) is 2.75. The summed E-state index contributed by atoms with van der Waals surface area (Å²) in [7, 11) is 0. The molecule has 1 atom stereocenters. The summed E-state index contributed by atoms with van der Waals surface area (Å²) < 4.78 is 10.7. The second-order valence-corrected chi connectivity index (χ2v) is 5.69. The number of rotatable bonds is 4. The lowest BCUT2D eigenvalue weighted by atomic mass is 9.88. The fraction of sp³-hybridized carbons (Fsp3) is 0.412. The molecule has 5 heteroatoms. The zero-order valence-electron chi connectivity index (χ0n) is 12.9. The molecular formula is C17H20N2O3. The molecule has 1 aromatic carbocycles. The lowest BCUT2D eigenvalue weighted by molar-refractivity contribution is 0.101. The van der Waals surface area contributed by atoms with Crippen molar-refractivity contribution in [3.63, 3.8) is 0 Å². The highest BCUT2D eigenvalue weighted by Gasteiger charge is 2.26. The van der Waals surface area contributed by atoms with Crippen LogP contribution in [0.5, 0.6) is 5.75 Å². The Hall–Kier alpha value is -2.30. The molecule has 1 aliphatic rings. The van der Waals surface area contributed by atoms with Crippen LogP contribution >= 0.6 is 0 Å². The predicted molar refractivity (Wildman–Crippen MR) is 83.3 cm³/mol. The van der Waals surface area contributed by atoms with Gasteiger partial charge in [-0.3, -0.25) is 4.79 Å². The molecule has 22 heavy (non-hydrogen) atoms. The fourth-order valence-corrected chi connectivity index (χ4v) is 2.75. The Bertz CT molecular complexity index is 661. The highest BCUT2D eigenvalue weighted by molar-refractivity contribution is 6.04. The molecule has 0 radical (unpaired) electrons. The third-order valence-electron chi connectivity index (χ3n) is 3.92. The molecule has 0 unspecified atom stereocenters. The molecule has 1 amide bonds. The summed E-state index contributed by atoms with van der Waals surface area (Å²) in [5.74, 6) is 1.98. The van der Waals surface area contributed by atoms with Gasteiger partial charge in [-0.05, 0) is 49.9 Å². The van der Waals surface area contributed by atoms with E-state index < -0.39 is 0 Å². The summed E-state index contributed by atoms with van der Waals surface area (Å²) in [6.45, 7) is 4.74. The van der Waals surface area contributed by atoms with Gasteiger partial charge in [-0.1, -0.05) is 12.1 Å². The van der Waals surface area contributed by atoms with Crippen molar-refractivity contribution in [2.45, 2.75) is 33.1 Å². The molecule has 116 valence electrons. The summed E-state index contributed by atoms with van der Waals surface area (Å²) in [6, 6.07) is 7.30. The molecule has 1 N–H and O–H groups in total. The van der Waals surface area contributed by atoms with Crippen molar-refractivity contribution >= 4 is 11.6 Å². The van der Waals surface area contributed by atoms with Crippen molar-refractivity contribution in [2.75, 3.05) is 11.9 Å². The van der Waals surface area contributed by atoms with E-state index in [2.05, 4.69) is 17.4 Å². The van der Waals surface area contributed by atoms with Gasteiger partial charge in [0.25, 0.3) is 5.91 Å². The van der Waals surface area contributed by atoms with Gasteiger partial charge in [0.15, 0.2) is 5.69 Å². The van der Waals surface area contributed by atoms with E-state index in [1.807, 2.05) is 31.2 Å². The first-order valence-corrected chi connectivity index (χ1v) is 7.69. The van der Waals surface area contributed by atoms with Crippen LogP contribution in [0.1, 0.15) is 42.1 Å². The summed E-state index contributed by atoms with van der Waals surface area (Å²) in [6.07, 6.45) is 2.80. The summed E-state index contributed by atoms with van der Waals surface area (Å²) in [5.41, 5.74) is 2.09. The molecule has 0 aliphatic heterocycles. The van der Waals surface area contributed by atoms with Crippen molar-refractivity contribution in [1.29, 1.82) is 0 Å². The van der Waals surface area contributed by atoms with Gasteiger partial charge in [0.05, 0.1) is 6.61 Å². The number of fused-ring (bicyclic) bond motifs is 1. The number of carbonyl (C=O) groups excluding carboxylic acids is 1. The van der Waals surface area contributed by atoms with Crippen LogP contribution in [0.15, 0.2) is 28.8 Å². The van der Waals surface area contributed by atoms with Gasteiger partial charge in [0.1, 0.15) is 11.5 Å². The molecule has 1 aromatic heterocycles. The van der Waals surface area contributed by atoms with Gasteiger partial charge in [-0.15, -0.1) is 0 Å². The van der Waals surface area contributed by atoms with E-state index in [4.69, 9.17) is 9.26 Å². The summed E-state index contributed by atoms with van der Waals surface area (Å²) in [5, 5.41) is 6.83. The van der Waals surface area contributed by atoms with Crippen LogP contribution in [0.2, 0.25) is 0 Å². The Labute approximate surface area is 129 Å². The maximum absolute atomic E-state index is 12.4. The SMILES string of the molecule is CCOc1ccc(NC(=O)c2noc3c2C[C@H](C)CC3)cc1. The molecule has 0 spiro atoms. The molecule has 5 nitrogen and oxygen atoms in total. The number of ether oxygens (including phenoxy) is 1. The lowest BCUT2D eigenvalue weighted by Gasteiger charge is -2.16. The van der Waals surface area contributed by atoms with Crippen LogP contribution in [0.25, 0.3) is 0 Å². The van der Waals surface area contributed by atoms with Crippen molar-refractivity contribution in [3.05, 3.63) is 41.3 Å². The van der Waals surface area contributed by atoms with Gasteiger partial charge >= 0.3 is 0 Å². The summed E-state index contributed by atoms with van der Waals surface area (Å²) in [4.78, 5) is 12.4. The first-order chi connectivity index (χ1) is 10.7. The van der Waals surface area contributed by atoms with E-state index in [0.29, 0.717) is 23.9 Å². The predicted octanol–water partition coefficient (Wildman–Crippen LogP) is 3.45. The average molecular weight is 300 g/mol. The van der Waals surface area contributed by atoms with Gasteiger partial charge < -0.3 is 14.6 Å². The Morgan fingerprint density at radius 1 is 1.41 bits per heavy atom. The van der Waals surface area contributed by atoms with Crippen LogP contribution in [-0.4, -0.2) is 17.7 Å². The molecule has 0 saturated heterocycles. The van der Waals surface area contributed by atoms with Gasteiger partial charge in [-0.2, -0.15) is 0 Å². The van der Waals surface area contributed by atoms with Crippen molar-refractivity contribution in [3.8, 4) is 5.75 Å². The number of nitrogens with one attached hydrogen (secondary N) is 1. The standard InChI is InChI=1S/C17H20N2O3/c1-3-21-13-7-5-12(6-8-13)18-17(20)16-14-10-11(2)4-9-15(14)22-19-16/h5-8,11H,3-4,9-10H2,1-2H3,(H,18,20)/t11-/m1/s1. The maximum atomic E-state index is 12.4. The van der Waals surface area contributed by atoms with Crippen LogP contribution in [0.4, 0.5) is 5.69 Å². The van der Waals surface area contributed by atoms with Crippen molar-refractivity contribution < 1.29 is 14.1 Å². The number of benzene rings is 1. The van der Waals surface area contributed by atoms with Gasteiger partial charge in [0.2, 0.25) is 0 Å². The molecule has 1 aliphatic carbocycles. The van der Waals surface area contributed by atoms with E-state index >= 15 is 0 Å². The van der Waals surface area contributed by atoms with Crippen molar-refractivity contribution in [2.24, 2.45) is 5.92 Å². The summed E-state index contributed by atoms with van der Waals surface area (Å²) >= 11 is 0. The third-order valence-corrected chi connectivity index (χ3v) is 3.92. The first-order valence-electron chi connectivity index (χ1n) is 7.69. The van der Waals surface area contributed by atoms with Crippen LogP contribution < -0.4 is 10.1 Å². The first kappa shape index (κ1) is 14.6. The number of anilines is 1. The minimum atomic E-state index is -0.219. The molecule has 0 fully saturated rings. The smallest absolute Gasteiger partial charge is 0.278 e. The Kier molecular flexibility index (Phi) is 4.13. The molecule has 0 bridgehead atoms. The quantitative estimate of drug-likeness (QED) is 0.939. The maximum Gasteiger partial charge on any atom is 0.278 e. The Balaban J connectivity index is 1.73. The Morgan fingerprint density at radius 3 is 2.91 bits per heavy atom. The zero-order chi connectivity index (χ0) is 15.5. The van der Waals surface area contributed by atoms with E-state index in [1.54, 1.807) is 0 Å². The zero-order valence-corrected chi connectivity index (χ0v) is 12.9. The number of amides is 1. The highest BCUT2D eigenvalue weighted by atomic mass is 16.5. The largest absolute Gasteiger partial charge is 0.494 e. The lowest BCUT2D eigenvalue weighted by Crippen LogP contribution is -2.17. The second kappa shape index (κ2) is 6.22. The minimum Gasteiger partial charge on any atom is -0.494 e. The highest BCUT2D eigenvalue weighted by Crippen LogP contribution is 2.28. The van der Waals surface area contributed by atoms with E-state index in [-0.39, 0.29) is 5.91 Å². The molecule has 0 saturated carbocycles. The number of nitrogens with zero attached hydrogens (tertiary/aromatic N) is 1. The molecule has 1 heterocycles. The van der Waals surface area contributed by atoms with Gasteiger partial charge in [-0.25, -0.2) is 0 Å². The van der Waals surface area contributed by atoms with Crippen LogP contribution in [0, 0.1) is 5.92 Å². The van der Waals surface area contributed by atoms with Gasteiger partial charge in [0, 0.05) is 17.7 Å². The topological polar surface area (TPSA) is 64.4 Å². The minimum absolute atomic E-state index is 0.219. The second-order valence-electron chi connectivity index (χ2n) is 5.69. The number of hydrogen-bond donors (Lipinski definition) is 1.